The SMILES string of the molecule is CCCc1ccc(CCC(C)C)cc1-c1ccc(OC(=O)c2ccc(-n3c4ccccc4c4ccccc43)cc2)cc1. The molecule has 42 heavy (non-hydrogen) atoms. The van der Waals surface area contributed by atoms with Crippen LogP contribution in [0.3, 0.4) is 0 Å². The summed E-state index contributed by atoms with van der Waals surface area (Å²) in [5, 5.41) is 2.42. The smallest absolute Gasteiger partial charge is 0.343 e. The first kappa shape index (κ1) is 27.5. The molecule has 3 heteroatoms. The van der Waals surface area contributed by atoms with E-state index < -0.39 is 0 Å². The molecule has 0 aliphatic heterocycles. The fourth-order valence-corrected chi connectivity index (χ4v) is 5.81. The van der Waals surface area contributed by atoms with Crippen LogP contribution >= 0.6 is 0 Å². The van der Waals surface area contributed by atoms with Crippen LogP contribution in [-0.4, -0.2) is 10.5 Å². The minimum atomic E-state index is -0.362. The molecule has 6 rings (SSSR count). The van der Waals surface area contributed by atoms with E-state index in [1.165, 1.54) is 33.9 Å². The zero-order chi connectivity index (χ0) is 29.1. The summed E-state index contributed by atoms with van der Waals surface area (Å²) in [5.41, 5.74) is 8.97. The van der Waals surface area contributed by atoms with Crippen molar-refractivity contribution in [2.75, 3.05) is 0 Å². The van der Waals surface area contributed by atoms with E-state index in [2.05, 4.69) is 104 Å². The zero-order valence-electron chi connectivity index (χ0n) is 24.6. The highest BCUT2D eigenvalue weighted by Crippen LogP contribution is 2.32. The molecule has 0 saturated carbocycles. The van der Waals surface area contributed by atoms with E-state index in [1.807, 2.05) is 36.4 Å². The minimum Gasteiger partial charge on any atom is -0.423 e. The van der Waals surface area contributed by atoms with Gasteiger partial charge in [-0.1, -0.05) is 93.9 Å². The van der Waals surface area contributed by atoms with Gasteiger partial charge < -0.3 is 9.30 Å². The predicted molar refractivity (Wildman–Crippen MR) is 175 cm³/mol. The van der Waals surface area contributed by atoms with E-state index in [0.717, 1.165) is 41.5 Å². The van der Waals surface area contributed by atoms with E-state index in [4.69, 9.17) is 4.74 Å². The monoisotopic (exact) mass is 551 g/mol. The summed E-state index contributed by atoms with van der Waals surface area (Å²) >= 11 is 0. The maximum Gasteiger partial charge on any atom is 0.343 e. The Morgan fingerprint density at radius 1 is 0.738 bits per heavy atom. The van der Waals surface area contributed by atoms with Crippen LogP contribution in [0, 0.1) is 5.92 Å². The molecule has 0 fully saturated rings. The van der Waals surface area contributed by atoms with Gasteiger partial charge in [-0.15, -0.1) is 0 Å². The second-order valence-corrected chi connectivity index (χ2v) is 11.5. The topological polar surface area (TPSA) is 31.2 Å². The number of esters is 1. The molecule has 0 aliphatic carbocycles. The van der Waals surface area contributed by atoms with Crippen LogP contribution in [0.5, 0.6) is 5.75 Å². The van der Waals surface area contributed by atoms with Gasteiger partial charge in [0.2, 0.25) is 0 Å². The van der Waals surface area contributed by atoms with E-state index in [9.17, 15) is 4.79 Å². The molecule has 0 atom stereocenters. The highest BCUT2D eigenvalue weighted by molar-refractivity contribution is 6.09. The van der Waals surface area contributed by atoms with Crippen molar-refractivity contribution >= 4 is 27.8 Å². The Balaban J connectivity index is 1.21. The summed E-state index contributed by atoms with van der Waals surface area (Å²) in [5.74, 6) is 0.865. The van der Waals surface area contributed by atoms with E-state index >= 15 is 0 Å². The second kappa shape index (κ2) is 12.1. The lowest BCUT2D eigenvalue weighted by molar-refractivity contribution is 0.0735. The number of carbonyl (C=O) groups excluding carboxylic acids is 1. The van der Waals surface area contributed by atoms with Gasteiger partial charge in [-0.2, -0.15) is 0 Å². The summed E-state index contributed by atoms with van der Waals surface area (Å²) < 4.78 is 8.02. The maximum absolute atomic E-state index is 13.1. The zero-order valence-corrected chi connectivity index (χ0v) is 24.6. The Kier molecular flexibility index (Phi) is 7.92. The Labute approximate surface area is 248 Å². The highest BCUT2D eigenvalue weighted by atomic mass is 16.5. The fraction of sp³-hybridized carbons (Fsp3) is 0.205. The maximum atomic E-state index is 13.1. The number of nitrogens with zero attached hydrogens (tertiary/aromatic N) is 1. The fourth-order valence-electron chi connectivity index (χ4n) is 5.81. The molecule has 5 aromatic carbocycles. The van der Waals surface area contributed by atoms with Crippen molar-refractivity contribution in [3.8, 4) is 22.6 Å². The molecular formula is C39H37NO2. The summed E-state index contributed by atoms with van der Waals surface area (Å²) in [6, 6.07) is 39.3. The third-order valence-electron chi connectivity index (χ3n) is 8.02. The molecule has 0 N–H and O–H groups in total. The molecule has 0 spiro atoms. The Morgan fingerprint density at radius 3 is 2.00 bits per heavy atom. The van der Waals surface area contributed by atoms with Gasteiger partial charge in [0.1, 0.15) is 5.75 Å². The lowest BCUT2D eigenvalue weighted by atomic mass is 9.92. The van der Waals surface area contributed by atoms with Crippen LogP contribution in [0.4, 0.5) is 0 Å². The molecule has 0 unspecified atom stereocenters. The van der Waals surface area contributed by atoms with Gasteiger partial charge in [0.25, 0.3) is 0 Å². The molecule has 0 bridgehead atoms. The van der Waals surface area contributed by atoms with Gasteiger partial charge in [0.15, 0.2) is 0 Å². The summed E-state index contributed by atoms with van der Waals surface area (Å²) in [7, 11) is 0. The number of carbonyl (C=O) groups is 1. The van der Waals surface area contributed by atoms with E-state index in [0.29, 0.717) is 17.2 Å². The van der Waals surface area contributed by atoms with Crippen molar-refractivity contribution in [3.05, 3.63) is 132 Å². The van der Waals surface area contributed by atoms with Crippen molar-refractivity contribution in [3.63, 3.8) is 0 Å². The van der Waals surface area contributed by atoms with Gasteiger partial charge in [0.05, 0.1) is 16.6 Å². The van der Waals surface area contributed by atoms with E-state index in [1.54, 1.807) is 0 Å². The van der Waals surface area contributed by atoms with Gasteiger partial charge in [0, 0.05) is 16.5 Å². The second-order valence-electron chi connectivity index (χ2n) is 11.5. The summed E-state index contributed by atoms with van der Waals surface area (Å²) in [6.45, 7) is 6.76. The third-order valence-corrected chi connectivity index (χ3v) is 8.02. The number of rotatable bonds is 9. The Morgan fingerprint density at radius 2 is 1.38 bits per heavy atom. The van der Waals surface area contributed by atoms with Crippen molar-refractivity contribution in [1.82, 2.24) is 4.57 Å². The van der Waals surface area contributed by atoms with Crippen molar-refractivity contribution < 1.29 is 9.53 Å². The molecule has 1 aromatic heterocycles. The molecule has 0 amide bonds. The molecule has 3 nitrogen and oxygen atoms in total. The minimum absolute atomic E-state index is 0.362. The first-order valence-corrected chi connectivity index (χ1v) is 15.0. The van der Waals surface area contributed by atoms with Crippen LogP contribution in [-0.2, 0) is 12.8 Å². The number of aryl methyl sites for hydroxylation is 2. The van der Waals surface area contributed by atoms with Crippen LogP contribution in [0.2, 0.25) is 0 Å². The van der Waals surface area contributed by atoms with Gasteiger partial charge >= 0.3 is 5.97 Å². The summed E-state index contributed by atoms with van der Waals surface area (Å²) in [4.78, 5) is 13.1. The molecule has 210 valence electrons. The first-order chi connectivity index (χ1) is 20.5. The predicted octanol–water partition coefficient (Wildman–Crippen LogP) is 10.2. The van der Waals surface area contributed by atoms with Crippen LogP contribution < -0.4 is 4.74 Å². The lowest BCUT2D eigenvalue weighted by Crippen LogP contribution is -2.08. The third kappa shape index (κ3) is 5.60. The largest absolute Gasteiger partial charge is 0.423 e. The normalized spacial score (nSPS) is 11.4. The summed E-state index contributed by atoms with van der Waals surface area (Å²) in [6.07, 6.45) is 4.41. The van der Waals surface area contributed by atoms with Gasteiger partial charge in [-0.25, -0.2) is 4.79 Å². The molecule has 6 aromatic rings. The molecule has 0 aliphatic rings. The number of fused-ring (bicyclic) bond motifs is 3. The number of ether oxygens (including phenoxy) is 1. The number of aromatic nitrogens is 1. The van der Waals surface area contributed by atoms with Crippen LogP contribution in [0.1, 0.15) is 55.1 Å². The van der Waals surface area contributed by atoms with E-state index in [-0.39, 0.29) is 5.97 Å². The molecule has 0 radical (unpaired) electrons. The molecule has 0 saturated heterocycles. The van der Waals surface area contributed by atoms with Gasteiger partial charge in [-0.05, 0) is 96.0 Å². The van der Waals surface area contributed by atoms with Crippen LogP contribution in [0.25, 0.3) is 38.6 Å². The number of benzene rings is 5. The molecule has 1 heterocycles. The standard InChI is InChI=1S/C39H37NO2/c1-4-9-29-17-16-28(15-14-27(2)3)26-36(29)30-20-24-33(25-21-30)42-39(41)31-18-22-32(23-19-31)40-37-12-7-5-10-34(37)35-11-6-8-13-38(35)40/h5-8,10-13,16-27H,4,9,14-15H2,1-3H3. The van der Waals surface area contributed by atoms with Crippen LogP contribution in [0.15, 0.2) is 115 Å². The number of hydrogen-bond acceptors (Lipinski definition) is 2. The van der Waals surface area contributed by atoms with Crippen molar-refractivity contribution in [2.45, 2.75) is 46.5 Å². The molecular weight excluding hydrogens is 514 g/mol. The van der Waals surface area contributed by atoms with Crippen molar-refractivity contribution in [2.24, 2.45) is 5.92 Å². The Bertz CT molecular complexity index is 1790. The number of hydrogen-bond donors (Lipinski definition) is 0. The number of para-hydroxylation sites is 2. The lowest BCUT2D eigenvalue weighted by Gasteiger charge is -2.13. The average molecular weight is 552 g/mol. The average Bonchev–Trinajstić information content (AvgIpc) is 3.35. The van der Waals surface area contributed by atoms with Gasteiger partial charge in [-0.3, -0.25) is 0 Å². The Hall–Kier alpha value is -4.63. The van der Waals surface area contributed by atoms with Crippen molar-refractivity contribution in [1.29, 1.82) is 0 Å². The first-order valence-electron chi connectivity index (χ1n) is 15.0. The quantitative estimate of drug-likeness (QED) is 0.132. The highest BCUT2D eigenvalue weighted by Gasteiger charge is 2.14.